The zero-order valence-electron chi connectivity index (χ0n) is 13.1. The topological polar surface area (TPSA) is 68.3 Å². The van der Waals surface area contributed by atoms with E-state index < -0.39 is 10.0 Å². The third-order valence-corrected chi connectivity index (χ3v) is 4.79. The van der Waals surface area contributed by atoms with E-state index in [0.717, 1.165) is 11.1 Å². The molecular formula is C16H20N2O3S. The third kappa shape index (κ3) is 3.39. The van der Waals surface area contributed by atoms with Gasteiger partial charge in [-0.3, -0.25) is 9.71 Å². The van der Waals surface area contributed by atoms with Crippen LogP contribution in [0.5, 0.6) is 5.75 Å². The number of aryl methyl sites for hydroxylation is 1. The molecule has 0 unspecified atom stereocenters. The summed E-state index contributed by atoms with van der Waals surface area (Å²) in [7, 11) is -2.10. The molecular weight excluding hydrogens is 300 g/mol. The van der Waals surface area contributed by atoms with Gasteiger partial charge in [0.1, 0.15) is 5.75 Å². The number of methoxy groups -OCH3 is 1. The highest BCUT2D eigenvalue weighted by molar-refractivity contribution is 7.92. The fourth-order valence-corrected chi connectivity index (χ4v) is 3.69. The van der Waals surface area contributed by atoms with Crippen LogP contribution in [0.15, 0.2) is 41.6 Å². The van der Waals surface area contributed by atoms with Crippen molar-refractivity contribution < 1.29 is 13.2 Å². The van der Waals surface area contributed by atoms with Crippen molar-refractivity contribution in [3.05, 3.63) is 47.8 Å². The molecule has 0 atom stereocenters. The largest absolute Gasteiger partial charge is 0.496 e. The van der Waals surface area contributed by atoms with Crippen LogP contribution < -0.4 is 9.46 Å². The van der Waals surface area contributed by atoms with Crippen LogP contribution in [0, 0.1) is 6.92 Å². The van der Waals surface area contributed by atoms with E-state index in [1.165, 1.54) is 6.20 Å². The minimum Gasteiger partial charge on any atom is -0.496 e. The molecule has 5 nitrogen and oxygen atoms in total. The average molecular weight is 320 g/mol. The lowest BCUT2D eigenvalue weighted by molar-refractivity contribution is 0.410. The number of nitrogens with one attached hydrogen (secondary N) is 1. The van der Waals surface area contributed by atoms with E-state index in [0.29, 0.717) is 11.4 Å². The van der Waals surface area contributed by atoms with Crippen LogP contribution in [0.3, 0.4) is 0 Å². The molecule has 0 aliphatic rings. The number of rotatable bonds is 5. The van der Waals surface area contributed by atoms with Gasteiger partial charge in [0, 0.05) is 6.20 Å². The van der Waals surface area contributed by atoms with Gasteiger partial charge in [-0.25, -0.2) is 8.42 Å². The standard InChI is InChI=1S/C16H20N2O3S/c1-11(2)14-9-15(21-4)12(3)8-16(14)22(19,20)18-13-6-5-7-17-10-13/h5-11,18H,1-4H3. The van der Waals surface area contributed by atoms with Crippen LogP contribution >= 0.6 is 0 Å². The summed E-state index contributed by atoms with van der Waals surface area (Å²) in [5.41, 5.74) is 1.93. The highest BCUT2D eigenvalue weighted by Crippen LogP contribution is 2.31. The van der Waals surface area contributed by atoms with E-state index in [2.05, 4.69) is 9.71 Å². The third-order valence-electron chi connectivity index (χ3n) is 3.35. The molecule has 6 heteroatoms. The van der Waals surface area contributed by atoms with Crippen molar-refractivity contribution in [1.29, 1.82) is 0 Å². The van der Waals surface area contributed by atoms with Crippen LogP contribution in [-0.2, 0) is 10.0 Å². The van der Waals surface area contributed by atoms with Crippen molar-refractivity contribution in [2.45, 2.75) is 31.6 Å². The molecule has 1 aromatic carbocycles. The Hall–Kier alpha value is -2.08. The maximum atomic E-state index is 12.7. The molecule has 0 amide bonds. The molecule has 22 heavy (non-hydrogen) atoms. The van der Waals surface area contributed by atoms with Gasteiger partial charge in [0.05, 0.1) is 23.9 Å². The molecule has 1 aromatic heterocycles. The summed E-state index contributed by atoms with van der Waals surface area (Å²) < 4.78 is 33.3. The normalized spacial score (nSPS) is 11.5. The molecule has 0 bridgehead atoms. The summed E-state index contributed by atoms with van der Waals surface area (Å²) in [6.45, 7) is 5.73. The van der Waals surface area contributed by atoms with Crippen molar-refractivity contribution in [1.82, 2.24) is 4.98 Å². The summed E-state index contributed by atoms with van der Waals surface area (Å²) in [6, 6.07) is 6.78. The fraction of sp³-hybridized carbons (Fsp3) is 0.312. The lowest BCUT2D eigenvalue weighted by atomic mass is 10.0. The molecule has 1 heterocycles. The number of pyridine rings is 1. The molecule has 2 rings (SSSR count). The summed E-state index contributed by atoms with van der Waals surface area (Å²) in [6.07, 6.45) is 3.07. The molecule has 118 valence electrons. The second kappa shape index (κ2) is 6.36. The Balaban J connectivity index is 2.52. The van der Waals surface area contributed by atoms with E-state index in [1.54, 1.807) is 37.6 Å². The van der Waals surface area contributed by atoms with Gasteiger partial charge < -0.3 is 4.74 Å². The maximum Gasteiger partial charge on any atom is 0.262 e. The average Bonchev–Trinajstić information content (AvgIpc) is 2.47. The molecule has 0 saturated carbocycles. The summed E-state index contributed by atoms with van der Waals surface area (Å²) >= 11 is 0. The lowest BCUT2D eigenvalue weighted by Gasteiger charge is -2.17. The highest BCUT2D eigenvalue weighted by atomic mass is 32.2. The first-order valence-corrected chi connectivity index (χ1v) is 8.45. The maximum absolute atomic E-state index is 12.7. The number of hydrogen-bond acceptors (Lipinski definition) is 4. The minimum atomic E-state index is -3.68. The van der Waals surface area contributed by atoms with Crippen LogP contribution in [0.2, 0.25) is 0 Å². The number of hydrogen-bond donors (Lipinski definition) is 1. The predicted octanol–water partition coefficient (Wildman–Crippen LogP) is 3.32. The Bertz CT molecular complexity index is 756. The Labute approximate surface area is 131 Å². The van der Waals surface area contributed by atoms with Crippen molar-refractivity contribution in [2.75, 3.05) is 11.8 Å². The second-order valence-electron chi connectivity index (χ2n) is 5.36. The molecule has 1 N–H and O–H groups in total. The van der Waals surface area contributed by atoms with Crippen LogP contribution in [0.4, 0.5) is 5.69 Å². The Morgan fingerprint density at radius 3 is 2.55 bits per heavy atom. The van der Waals surface area contributed by atoms with Crippen LogP contribution in [-0.4, -0.2) is 20.5 Å². The first-order chi connectivity index (χ1) is 10.3. The van der Waals surface area contributed by atoms with Crippen molar-refractivity contribution in [3.8, 4) is 5.75 Å². The summed E-state index contributed by atoms with van der Waals surface area (Å²) in [4.78, 5) is 4.19. The first kappa shape index (κ1) is 16.3. The Morgan fingerprint density at radius 2 is 2.00 bits per heavy atom. The summed E-state index contributed by atoms with van der Waals surface area (Å²) in [5.74, 6) is 0.735. The first-order valence-electron chi connectivity index (χ1n) is 6.96. The number of anilines is 1. The zero-order valence-corrected chi connectivity index (χ0v) is 13.9. The molecule has 2 aromatic rings. The lowest BCUT2D eigenvalue weighted by Crippen LogP contribution is -2.16. The van der Waals surface area contributed by atoms with Crippen molar-refractivity contribution >= 4 is 15.7 Å². The van der Waals surface area contributed by atoms with E-state index in [9.17, 15) is 8.42 Å². The molecule has 0 radical (unpaired) electrons. The number of aromatic nitrogens is 1. The number of nitrogens with zero attached hydrogens (tertiary/aromatic N) is 1. The van der Waals surface area contributed by atoms with E-state index >= 15 is 0 Å². The van der Waals surface area contributed by atoms with Crippen LogP contribution in [0.1, 0.15) is 30.9 Å². The van der Waals surface area contributed by atoms with Gasteiger partial charge in [-0.2, -0.15) is 0 Å². The van der Waals surface area contributed by atoms with Crippen molar-refractivity contribution in [2.24, 2.45) is 0 Å². The SMILES string of the molecule is COc1cc(C(C)C)c(S(=O)(=O)Nc2cccnc2)cc1C. The van der Waals surface area contributed by atoms with Gasteiger partial charge >= 0.3 is 0 Å². The number of sulfonamides is 1. The monoisotopic (exact) mass is 320 g/mol. The Morgan fingerprint density at radius 1 is 1.27 bits per heavy atom. The van der Waals surface area contributed by atoms with E-state index in [1.807, 2.05) is 20.8 Å². The van der Waals surface area contributed by atoms with Gasteiger partial charge in [-0.05, 0) is 48.2 Å². The zero-order chi connectivity index (χ0) is 16.3. The van der Waals surface area contributed by atoms with Crippen LogP contribution in [0.25, 0.3) is 0 Å². The molecule has 0 spiro atoms. The molecule has 0 saturated heterocycles. The second-order valence-corrected chi connectivity index (χ2v) is 7.01. The number of ether oxygens (including phenoxy) is 1. The van der Waals surface area contributed by atoms with Gasteiger partial charge in [-0.15, -0.1) is 0 Å². The van der Waals surface area contributed by atoms with Gasteiger partial charge in [0.25, 0.3) is 10.0 Å². The van der Waals surface area contributed by atoms with Gasteiger partial charge in [0.2, 0.25) is 0 Å². The quantitative estimate of drug-likeness (QED) is 0.917. The smallest absolute Gasteiger partial charge is 0.262 e. The highest BCUT2D eigenvalue weighted by Gasteiger charge is 2.22. The molecule has 0 fully saturated rings. The molecule has 0 aliphatic carbocycles. The van der Waals surface area contributed by atoms with Crippen molar-refractivity contribution in [3.63, 3.8) is 0 Å². The molecule has 0 aliphatic heterocycles. The Kier molecular flexibility index (Phi) is 4.71. The van der Waals surface area contributed by atoms with Gasteiger partial charge in [0.15, 0.2) is 0 Å². The van der Waals surface area contributed by atoms with Gasteiger partial charge in [-0.1, -0.05) is 13.8 Å². The minimum absolute atomic E-state index is 0.0509. The predicted molar refractivity (Wildman–Crippen MR) is 86.9 cm³/mol. The van der Waals surface area contributed by atoms with E-state index in [4.69, 9.17) is 4.74 Å². The van der Waals surface area contributed by atoms with E-state index in [-0.39, 0.29) is 10.8 Å². The number of benzene rings is 1. The fourth-order valence-electron chi connectivity index (χ4n) is 2.21. The summed E-state index contributed by atoms with van der Waals surface area (Å²) in [5, 5.41) is 0.